The summed E-state index contributed by atoms with van der Waals surface area (Å²) in [6.07, 6.45) is 3.08. The quantitative estimate of drug-likeness (QED) is 0.688. The number of halogens is 3. The van der Waals surface area contributed by atoms with E-state index in [-0.39, 0.29) is 11.4 Å². The van der Waals surface area contributed by atoms with Crippen molar-refractivity contribution in [3.8, 4) is 22.7 Å². The van der Waals surface area contributed by atoms with E-state index >= 15 is 0 Å². The SMILES string of the molecule is O=C(O)c1cc(-c2cc(Br)cc(OC(F)F)c2)n(-c2cccnc2)n1. The summed E-state index contributed by atoms with van der Waals surface area (Å²) in [5.74, 6) is -1.27. The number of nitrogens with zero attached hydrogens (tertiary/aromatic N) is 3. The zero-order valence-corrected chi connectivity index (χ0v) is 14.0. The number of ether oxygens (including phenoxy) is 1. The van der Waals surface area contributed by atoms with E-state index in [0.717, 1.165) is 0 Å². The van der Waals surface area contributed by atoms with E-state index in [1.165, 1.54) is 29.1 Å². The molecular formula is C16H10BrF2N3O3. The van der Waals surface area contributed by atoms with Gasteiger partial charge in [-0.3, -0.25) is 4.98 Å². The second-order valence-corrected chi connectivity index (χ2v) is 5.81. The Hall–Kier alpha value is -2.81. The van der Waals surface area contributed by atoms with Crippen molar-refractivity contribution < 1.29 is 23.4 Å². The first-order valence-corrected chi connectivity index (χ1v) is 7.73. The lowest BCUT2D eigenvalue weighted by Crippen LogP contribution is -2.03. The predicted octanol–water partition coefficient (Wildman–Crippen LogP) is 4.00. The molecule has 3 rings (SSSR count). The molecule has 0 aliphatic rings. The van der Waals surface area contributed by atoms with Crippen LogP contribution in [0, 0.1) is 0 Å². The number of hydrogen-bond donors (Lipinski definition) is 1. The van der Waals surface area contributed by atoms with E-state index in [1.807, 2.05) is 0 Å². The molecule has 1 aromatic carbocycles. The van der Waals surface area contributed by atoms with Crippen molar-refractivity contribution >= 4 is 21.9 Å². The second-order valence-electron chi connectivity index (χ2n) is 4.90. The van der Waals surface area contributed by atoms with E-state index < -0.39 is 12.6 Å². The maximum atomic E-state index is 12.5. The van der Waals surface area contributed by atoms with Crippen molar-refractivity contribution in [1.82, 2.24) is 14.8 Å². The highest BCUT2D eigenvalue weighted by Gasteiger charge is 2.17. The van der Waals surface area contributed by atoms with Gasteiger partial charge in [0.25, 0.3) is 0 Å². The summed E-state index contributed by atoms with van der Waals surface area (Å²) >= 11 is 3.23. The number of aromatic carboxylic acids is 1. The number of carboxylic acids is 1. The van der Waals surface area contributed by atoms with Gasteiger partial charge in [0.2, 0.25) is 0 Å². The van der Waals surface area contributed by atoms with Crippen LogP contribution >= 0.6 is 15.9 Å². The number of aromatic nitrogens is 3. The van der Waals surface area contributed by atoms with Crippen LogP contribution in [0.5, 0.6) is 5.75 Å². The van der Waals surface area contributed by atoms with Crippen LogP contribution in [0.1, 0.15) is 10.5 Å². The fourth-order valence-corrected chi connectivity index (χ4v) is 2.72. The van der Waals surface area contributed by atoms with Crippen LogP contribution in [-0.2, 0) is 0 Å². The molecule has 2 heterocycles. The van der Waals surface area contributed by atoms with Crippen molar-refractivity contribution in [3.63, 3.8) is 0 Å². The minimum absolute atomic E-state index is 0.0600. The molecule has 9 heteroatoms. The molecule has 0 atom stereocenters. The summed E-state index contributed by atoms with van der Waals surface area (Å²) in [5, 5.41) is 13.3. The number of carboxylic acid groups (broad SMARTS) is 1. The summed E-state index contributed by atoms with van der Waals surface area (Å²) in [4.78, 5) is 15.3. The first-order valence-electron chi connectivity index (χ1n) is 6.93. The predicted molar refractivity (Wildman–Crippen MR) is 88.1 cm³/mol. The Balaban J connectivity index is 2.16. The molecule has 6 nitrogen and oxygen atoms in total. The summed E-state index contributed by atoms with van der Waals surface area (Å²) in [7, 11) is 0. The number of pyridine rings is 1. The molecular weight excluding hydrogens is 400 g/mol. The van der Waals surface area contributed by atoms with Gasteiger partial charge < -0.3 is 9.84 Å². The molecule has 0 aliphatic heterocycles. The molecule has 0 saturated heterocycles. The van der Waals surface area contributed by atoms with Crippen molar-refractivity contribution in [1.29, 1.82) is 0 Å². The van der Waals surface area contributed by atoms with E-state index in [4.69, 9.17) is 0 Å². The van der Waals surface area contributed by atoms with E-state index in [1.54, 1.807) is 24.4 Å². The largest absolute Gasteiger partial charge is 0.476 e. The molecule has 0 spiro atoms. The lowest BCUT2D eigenvalue weighted by molar-refractivity contribution is -0.0498. The monoisotopic (exact) mass is 409 g/mol. The zero-order valence-electron chi connectivity index (χ0n) is 12.4. The molecule has 0 fully saturated rings. The lowest BCUT2D eigenvalue weighted by atomic mass is 10.1. The highest BCUT2D eigenvalue weighted by atomic mass is 79.9. The van der Waals surface area contributed by atoms with Crippen LogP contribution < -0.4 is 4.74 Å². The molecule has 0 unspecified atom stereocenters. The highest BCUT2D eigenvalue weighted by molar-refractivity contribution is 9.10. The molecule has 0 bridgehead atoms. The van der Waals surface area contributed by atoms with Gasteiger partial charge in [-0.15, -0.1) is 0 Å². The minimum atomic E-state index is -2.97. The number of carbonyl (C=O) groups is 1. The van der Waals surface area contributed by atoms with Gasteiger partial charge in [0.15, 0.2) is 5.69 Å². The standard InChI is InChI=1S/C16H10BrF2N3O3/c17-10-4-9(5-12(6-10)25-16(18)19)14-7-13(15(23)24)21-22(14)11-2-1-3-20-8-11/h1-8,16H,(H,23,24). The van der Waals surface area contributed by atoms with Crippen molar-refractivity contribution in [2.24, 2.45) is 0 Å². The van der Waals surface area contributed by atoms with Gasteiger partial charge in [-0.25, -0.2) is 9.48 Å². The molecule has 128 valence electrons. The Kier molecular flexibility index (Phi) is 4.75. The molecule has 1 N–H and O–H groups in total. The van der Waals surface area contributed by atoms with Gasteiger partial charge in [0.05, 0.1) is 17.6 Å². The van der Waals surface area contributed by atoms with Crippen LogP contribution in [0.15, 0.2) is 53.3 Å². The normalized spacial score (nSPS) is 10.9. The second kappa shape index (κ2) is 6.98. The topological polar surface area (TPSA) is 77.2 Å². The third kappa shape index (κ3) is 3.82. The maximum absolute atomic E-state index is 12.5. The van der Waals surface area contributed by atoms with Crippen LogP contribution in [0.2, 0.25) is 0 Å². The van der Waals surface area contributed by atoms with Crippen molar-refractivity contribution in [3.05, 3.63) is 59.0 Å². The van der Waals surface area contributed by atoms with Crippen molar-refractivity contribution in [2.75, 3.05) is 0 Å². The molecule has 0 saturated carbocycles. The Labute approximate surface area is 148 Å². The van der Waals surface area contributed by atoms with E-state index in [0.29, 0.717) is 21.4 Å². The van der Waals surface area contributed by atoms with Gasteiger partial charge in [0.1, 0.15) is 5.75 Å². The molecule has 0 radical (unpaired) electrons. The average Bonchev–Trinajstić information content (AvgIpc) is 3.00. The molecule has 3 aromatic rings. The summed E-state index contributed by atoms with van der Waals surface area (Å²) < 4.78 is 31.3. The fraction of sp³-hybridized carbons (Fsp3) is 0.0625. The first-order chi connectivity index (χ1) is 11.9. The molecule has 25 heavy (non-hydrogen) atoms. The Bertz CT molecular complexity index is 916. The highest BCUT2D eigenvalue weighted by Crippen LogP contribution is 2.31. The number of alkyl halides is 2. The zero-order chi connectivity index (χ0) is 18.0. The van der Waals surface area contributed by atoms with Gasteiger partial charge in [0, 0.05) is 16.2 Å². The van der Waals surface area contributed by atoms with Crippen LogP contribution in [0.25, 0.3) is 16.9 Å². The fourth-order valence-electron chi connectivity index (χ4n) is 2.25. The van der Waals surface area contributed by atoms with Gasteiger partial charge in [-0.05, 0) is 36.4 Å². The lowest BCUT2D eigenvalue weighted by Gasteiger charge is -2.10. The average molecular weight is 410 g/mol. The minimum Gasteiger partial charge on any atom is -0.476 e. The molecule has 0 amide bonds. The van der Waals surface area contributed by atoms with Crippen LogP contribution in [-0.4, -0.2) is 32.5 Å². The molecule has 0 aliphatic carbocycles. The summed E-state index contributed by atoms with van der Waals surface area (Å²) in [6, 6.07) is 9.14. The van der Waals surface area contributed by atoms with Crippen LogP contribution in [0.4, 0.5) is 8.78 Å². The molecule has 2 aromatic heterocycles. The van der Waals surface area contributed by atoms with Crippen molar-refractivity contribution in [2.45, 2.75) is 6.61 Å². The van der Waals surface area contributed by atoms with E-state index in [2.05, 4.69) is 30.7 Å². The number of rotatable bonds is 5. The van der Waals surface area contributed by atoms with Crippen LogP contribution in [0.3, 0.4) is 0 Å². The summed E-state index contributed by atoms with van der Waals surface area (Å²) in [6.45, 7) is -2.97. The number of hydrogen-bond acceptors (Lipinski definition) is 4. The Morgan fingerprint density at radius 2 is 2.08 bits per heavy atom. The Morgan fingerprint density at radius 1 is 1.28 bits per heavy atom. The number of benzene rings is 1. The van der Waals surface area contributed by atoms with Gasteiger partial charge in [-0.1, -0.05) is 15.9 Å². The van der Waals surface area contributed by atoms with E-state index in [9.17, 15) is 18.7 Å². The summed E-state index contributed by atoms with van der Waals surface area (Å²) in [5.41, 5.74) is 1.19. The smallest absolute Gasteiger partial charge is 0.387 e. The third-order valence-corrected chi connectivity index (χ3v) is 3.67. The van der Waals surface area contributed by atoms with Gasteiger partial charge in [-0.2, -0.15) is 13.9 Å². The third-order valence-electron chi connectivity index (χ3n) is 3.21. The maximum Gasteiger partial charge on any atom is 0.387 e. The van der Waals surface area contributed by atoms with Gasteiger partial charge >= 0.3 is 12.6 Å². The first kappa shape index (κ1) is 17.0. The Morgan fingerprint density at radius 3 is 2.72 bits per heavy atom.